The first kappa shape index (κ1) is 12.6. The van der Waals surface area contributed by atoms with Crippen molar-refractivity contribution in [2.45, 2.75) is 38.4 Å². The molecule has 0 aromatic carbocycles. The van der Waals surface area contributed by atoms with Gasteiger partial charge >= 0.3 is 0 Å². The Bertz CT molecular complexity index is 375. The number of anilines is 1. The van der Waals surface area contributed by atoms with Crippen LogP contribution in [0.3, 0.4) is 0 Å². The standard InChI is InChI=1S/C12H20N4S/c1-8(2)6-9-7-11(16-13)15-12(14-9)10-4-3-5-17-10/h7-8,10H,3-6,13H2,1-2H3,(H,14,15,16). The van der Waals surface area contributed by atoms with Gasteiger partial charge in [-0.15, -0.1) is 0 Å². The minimum Gasteiger partial charge on any atom is -0.308 e. The van der Waals surface area contributed by atoms with Gasteiger partial charge in [0.1, 0.15) is 11.6 Å². The Morgan fingerprint density at radius 2 is 2.35 bits per heavy atom. The molecule has 1 fully saturated rings. The highest BCUT2D eigenvalue weighted by Crippen LogP contribution is 2.38. The van der Waals surface area contributed by atoms with Gasteiger partial charge in [-0.1, -0.05) is 13.8 Å². The van der Waals surface area contributed by atoms with Crippen LogP contribution in [0.4, 0.5) is 5.82 Å². The monoisotopic (exact) mass is 252 g/mol. The lowest BCUT2D eigenvalue weighted by Gasteiger charge is -2.12. The minimum atomic E-state index is 0.453. The average molecular weight is 252 g/mol. The average Bonchev–Trinajstić information content (AvgIpc) is 2.81. The van der Waals surface area contributed by atoms with E-state index in [1.54, 1.807) is 0 Å². The van der Waals surface area contributed by atoms with Gasteiger partial charge in [-0.2, -0.15) is 11.8 Å². The molecule has 1 aromatic heterocycles. The lowest BCUT2D eigenvalue weighted by atomic mass is 10.1. The smallest absolute Gasteiger partial charge is 0.143 e. The van der Waals surface area contributed by atoms with E-state index in [1.165, 1.54) is 18.6 Å². The molecule has 2 heterocycles. The molecule has 0 bridgehead atoms. The summed E-state index contributed by atoms with van der Waals surface area (Å²) in [4.78, 5) is 9.15. The largest absolute Gasteiger partial charge is 0.308 e. The Kier molecular flexibility index (Phi) is 4.23. The number of nitrogens with one attached hydrogen (secondary N) is 1. The zero-order valence-corrected chi connectivity index (χ0v) is 11.3. The molecule has 4 nitrogen and oxygen atoms in total. The van der Waals surface area contributed by atoms with Gasteiger partial charge in [-0.05, 0) is 30.9 Å². The highest BCUT2D eigenvalue weighted by atomic mass is 32.2. The lowest BCUT2D eigenvalue weighted by molar-refractivity contribution is 0.628. The summed E-state index contributed by atoms with van der Waals surface area (Å²) in [5.74, 6) is 8.96. The molecule has 1 aliphatic heterocycles. The van der Waals surface area contributed by atoms with E-state index in [9.17, 15) is 0 Å². The maximum Gasteiger partial charge on any atom is 0.143 e. The van der Waals surface area contributed by atoms with E-state index in [4.69, 9.17) is 5.84 Å². The molecule has 94 valence electrons. The summed E-state index contributed by atoms with van der Waals surface area (Å²) < 4.78 is 0. The van der Waals surface area contributed by atoms with E-state index in [0.717, 1.165) is 23.8 Å². The van der Waals surface area contributed by atoms with Crippen molar-refractivity contribution < 1.29 is 0 Å². The fourth-order valence-corrected chi connectivity index (χ4v) is 3.25. The van der Waals surface area contributed by atoms with Crippen molar-refractivity contribution >= 4 is 17.6 Å². The van der Waals surface area contributed by atoms with Crippen LogP contribution in [-0.4, -0.2) is 15.7 Å². The highest BCUT2D eigenvalue weighted by Gasteiger charge is 2.21. The third-order valence-corrected chi connectivity index (χ3v) is 4.15. The van der Waals surface area contributed by atoms with E-state index < -0.39 is 0 Å². The van der Waals surface area contributed by atoms with Crippen molar-refractivity contribution in [2.75, 3.05) is 11.2 Å². The second-order valence-electron chi connectivity index (χ2n) is 4.85. The van der Waals surface area contributed by atoms with Crippen LogP contribution in [0.2, 0.25) is 0 Å². The fourth-order valence-electron chi connectivity index (χ4n) is 2.04. The normalized spacial score (nSPS) is 19.9. The molecule has 0 aliphatic carbocycles. The number of hydrogen-bond acceptors (Lipinski definition) is 5. The van der Waals surface area contributed by atoms with Gasteiger partial charge in [0.15, 0.2) is 0 Å². The summed E-state index contributed by atoms with van der Waals surface area (Å²) in [7, 11) is 0. The molecule has 1 aromatic rings. The van der Waals surface area contributed by atoms with Crippen molar-refractivity contribution in [3.8, 4) is 0 Å². The second kappa shape index (κ2) is 5.69. The van der Waals surface area contributed by atoms with Gasteiger partial charge in [0.2, 0.25) is 0 Å². The Labute approximate surface area is 107 Å². The Balaban J connectivity index is 2.24. The summed E-state index contributed by atoms with van der Waals surface area (Å²) in [6.45, 7) is 4.39. The molecule has 1 unspecified atom stereocenters. The number of rotatable bonds is 4. The van der Waals surface area contributed by atoms with E-state index >= 15 is 0 Å². The van der Waals surface area contributed by atoms with Gasteiger partial charge in [0.25, 0.3) is 0 Å². The van der Waals surface area contributed by atoms with Crippen molar-refractivity contribution in [3.05, 3.63) is 17.6 Å². The maximum absolute atomic E-state index is 5.47. The van der Waals surface area contributed by atoms with Crippen molar-refractivity contribution in [1.29, 1.82) is 0 Å². The zero-order valence-electron chi connectivity index (χ0n) is 10.4. The van der Waals surface area contributed by atoms with Crippen LogP contribution in [-0.2, 0) is 6.42 Å². The van der Waals surface area contributed by atoms with Gasteiger partial charge in [0, 0.05) is 11.8 Å². The Morgan fingerprint density at radius 3 is 2.94 bits per heavy atom. The van der Waals surface area contributed by atoms with Crippen LogP contribution in [0.15, 0.2) is 6.07 Å². The Morgan fingerprint density at radius 1 is 1.53 bits per heavy atom. The van der Waals surface area contributed by atoms with E-state index in [1.807, 2.05) is 17.8 Å². The first-order valence-corrected chi connectivity index (χ1v) is 7.20. The number of hydrogen-bond donors (Lipinski definition) is 2. The number of nitrogens with two attached hydrogens (primary N) is 1. The molecule has 17 heavy (non-hydrogen) atoms. The summed E-state index contributed by atoms with van der Waals surface area (Å²) >= 11 is 1.95. The van der Waals surface area contributed by atoms with Crippen LogP contribution >= 0.6 is 11.8 Å². The number of aromatic nitrogens is 2. The molecule has 1 atom stereocenters. The first-order chi connectivity index (χ1) is 8.19. The highest BCUT2D eigenvalue weighted by molar-refractivity contribution is 7.99. The van der Waals surface area contributed by atoms with Crippen molar-refractivity contribution in [1.82, 2.24) is 9.97 Å². The first-order valence-electron chi connectivity index (χ1n) is 6.15. The fraction of sp³-hybridized carbons (Fsp3) is 0.667. The Hall–Kier alpha value is -0.810. The third kappa shape index (κ3) is 3.33. The molecule has 1 aliphatic rings. The van der Waals surface area contributed by atoms with Crippen LogP contribution < -0.4 is 11.3 Å². The summed E-state index contributed by atoms with van der Waals surface area (Å²) in [6, 6.07) is 1.95. The maximum atomic E-state index is 5.47. The lowest BCUT2D eigenvalue weighted by Crippen LogP contribution is -2.13. The van der Waals surface area contributed by atoms with Gasteiger partial charge in [-0.25, -0.2) is 15.8 Å². The predicted octanol–water partition coefficient (Wildman–Crippen LogP) is 2.53. The molecule has 5 heteroatoms. The molecular formula is C12H20N4S. The molecule has 0 spiro atoms. The van der Waals surface area contributed by atoms with Crippen LogP contribution in [0.5, 0.6) is 0 Å². The number of nitrogen functional groups attached to an aromatic ring is 1. The number of nitrogens with zero attached hydrogens (tertiary/aromatic N) is 2. The quantitative estimate of drug-likeness (QED) is 0.637. The second-order valence-corrected chi connectivity index (χ2v) is 6.16. The molecule has 0 saturated carbocycles. The van der Waals surface area contributed by atoms with E-state index in [-0.39, 0.29) is 0 Å². The molecular weight excluding hydrogens is 232 g/mol. The van der Waals surface area contributed by atoms with Crippen LogP contribution in [0.1, 0.15) is 43.5 Å². The zero-order chi connectivity index (χ0) is 12.3. The number of thioether (sulfide) groups is 1. The molecule has 0 radical (unpaired) electrons. The summed E-state index contributed by atoms with van der Waals surface area (Å²) in [5.41, 5.74) is 3.73. The molecule has 1 saturated heterocycles. The summed E-state index contributed by atoms with van der Waals surface area (Å²) in [5, 5.41) is 0.453. The SMILES string of the molecule is CC(C)Cc1cc(NN)nc(C2CCCS2)n1. The van der Waals surface area contributed by atoms with Gasteiger partial charge < -0.3 is 5.43 Å². The molecule has 2 rings (SSSR count). The molecule has 0 amide bonds. The van der Waals surface area contributed by atoms with Gasteiger partial charge in [-0.3, -0.25) is 0 Å². The van der Waals surface area contributed by atoms with Crippen molar-refractivity contribution in [2.24, 2.45) is 11.8 Å². The third-order valence-electron chi connectivity index (χ3n) is 2.78. The summed E-state index contributed by atoms with van der Waals surface area (Å²) in [6.07, 6.45) is 3.42. The number of hydrazine groups is 1. The van der Waals surface area contributed by atoms with Crippen molar-refractivity contribution in [3.63, 3.8) is 0 Å². The van der Waals surface area contributed by atoms with Crippen LogP contribution in [0.25, 0.3) is 0 Å². The topological polar surface area (TPSA) is 63.8 Å². The van der Waals surface area contributed by atoms with Gasteiger partial charge in [0.05, 0.1) is 5.25 Å². The van der Waals surface area contributed by atoms with Crippen LogP contribution in [0, 0.1) is 5.92 Å². The van der Waals surface area contributed by atoms with E-state index in [0.29, 0.717) is 11.2 Å². The molecule has 3 N–H and O–H groups in total. The minimum absolute atomic E-state index is 0.453. The predicted molar refractivity (Wildman–Crippen MR) is 72.8 cm³/mol. The van der Waals surface area contributed by atoms with E-state index in [2.05, 4.69) is 29.2 Å².